The molecule has 0 amide bonds. The Morgan fingerprint density at radius 1 is 1.46 bits per heavy atom. The Labute approximate surface area is 80.7 Å². The Balaban J connectivity index is 2.52. The molecule has 1 aliphatic rings. The van der Waals surface area contributed by atoms with Crippen molar-refractivity contribution in [2.75, 3.05) is 13.2 Å². The Bertz CT molecular complexity index is 159. The molecule has 2 nitrogen and oxygen atoms in total. The van der Waals surface area contributed by atoms with E-state index in [2.05, 4.69) is 13.8 Å². The summed E-state index contributed by atoms with van der Waals surface area (Å²) >= 11 is 0. The van der Waals surface area contributed by atoms with E-state index in [-0.39, 0.29) is 5.41 Å². The normalized spacial score (nSPS) is 23.8. The van der Waals surface area contributed by atoms with Crippen molar-refractivity contribution in [3.8, 4) is 0 Å². The van der Waals surface area contributed by atoms with Gasteiger partial charge >= 0.3 is 0 Å². The molecule has 1 rings (SSSR count). The first-order chi connectivity index (χ1) is 6.22. The molecule has 1 aliphatic heterocycles. The van der Waals surface area contributed by atoms with Crippen LogP contribution >= 0.6 is 0 Å². The first kappa shape index (κ1) is 10.7. The summed E-state index contributed by atoms with van der Waals surface area (Å²) in [6.07, 6.45) is 5.20. The fraction of sp³-hybridized carbons (Fsp3) is 0.909. The second-order valence-corrected chi connectivity index (χ2v) is 4.31. The number of hydrogen-bond acceptors (Lipinski definition) is 2. The highest BCUT2D eigenvalue weighted by Crippen LogP contribution is 2.35. The summed E-state index contributed by atoms with van der Waals surface area (Å²) in [6, 6.07) is 0. The molecule has 0 radical (unpaired) electrons. The molecule has 1 unspecified atom stereocenters. The van der Waals surface area contributed by atoms with Crippen molar-refractivity contribution in [1.82, 2.24) is 0 Å². The average molecular weight is 184 g/mol. The summed E-state index contributed by atoms with van der Waals surface area (Å²) in [7, 11) is 0. The lowest BCUT2D eigenvalue weighted by molar-refractivity contribution is -0.122. The molecule has 0 bridgehead atoms. The van der Waals surface area contributed by atoms with Gasteiger partial charge in [-0.05, 0) is 25.2 Å². The standard InChI is InChI=1S/C11H20O2/c1-3-10(2)8-11(9-12)4-6-13-7-5-11/h9-10H,3-8H2,1-2H3. The zero-order chi connectivity index (χ0) is 9.73. The lowest BCUT2D eigenvalue weighted by Crippen LogP contribution is -2.32. The first-order valence-corrected chi connectivity index (χ1v) is 5.26. The zero-order valence-corrected chi connectivity index (χ0v) is 8.71. The third kappa shape index (κ3) is 2.80. The summed E-state index contributed by atoms with van der Waals surface area (Å²) in [5.74, 6) is 0.656. The van der Waals surface area contributed by atoms with Crippen LogP contribution in [0.2, 0.25) is 0 Å². The number of ether oxygens (including phenoxy) is 1. The van der Waals surface area contributed by atoms with Crippen molar-refractivity contribution in [1.29, 1.82) is 0 Å². The fourth-order valence-electron chi connectivity index (χ4n) is 1.99. The predicted molar refractivity (Wildman–Crippen MR) is 52.6 cm³/mol. The SMILES string of the molecule is CCC(C)CC1(C=O)CCOCC1. The van der Waals surface area contributed by atoms with E-state index in [4.69, 9.17) is 4.74 Å². The maximum Gasteiger partial charge on any atom is 0.126 e. The van der Waals surface area contributed by atoms with Gasteiger partial charge in [-0.1, -0.05) is 20.3 Å². The van der Waals surface area contributed by atoms with Crippen molar-refractivity contribution in [3.05, 3.63) is 0 Å². The fourth-order valence-corrected chi connectivity index (χ4v) is 1.99. The van der Waals surface area contributed by atoms with Gasteiger partial charge in [-0.25, -0.2) is 0 Å². The van der Waals surface area contributed by atoms with Crippen molar-refractivity contribution >= 4 is 6.29 Å². The number of carbonyl (C=O) groups is 1. The molecule has 1 heterocycles. The Morgan fingerprint density at radius 2 is 2.08 bits per heavy atom. The Hall–Kier alpha value is -0.370. The van der Waals surface area contributed by atoms with Crippen LogP contribution in [0.25, 0.3) is 0 Å². The molecular formula is C11H20O2. The van der Waals surface area contributed by atoms with Gasteiger partial charge in [0.05, 0.1) is 0 Å². The van der Waals surface area contributed by atoms with E-state index < -0.39 is 0 Å². The molecule has 1 fully saturated rings. The van der Waals surface area contributed by atoms with Gasteiger partial charge in [0.2, 0.25) is 0 Å². The average Bonchev–Trinajstić information content (AvgIpc) is 2.19. The molecule has 0 spiro atoms. The Kier molecular flexibility index (Phi) is 3.91. The van der Waals surface area contributed by atoms with E-state index in [0.29, 0.717) is 5.92 Å². The van der Waals surface area contributed by atoms with Crippen molar-refractivity contribution in [3.63, 3.8) is 0 Å². The van der Waals surface area contributed by atoms with Crippen LogP contribution in [0.5, 0.6) is 0 Å². The first-order valence-electron chi connectivity index (χ1n) is 5.26. The maximum absolute atomic E-state index is 11.1. The minimum absolute atomic E-state index is 0.0618. The van der Waals surface area contributed by atoms with Gasteiger partial charge in [0.15, 0.2) is 0 Å². The second kappa shape index (κ2) is 4.75. The van der Waals surface area contributed by atoms with Gasteiger partial charge in [-0.3, -0.25) is 0 Å². The predicted octanol–water partition coefficient (Wildman–Crippen LogP) is 2.42. The van der Waals surface area contributed by atoms with E-state index >= 15 is 0 Å². The smallest absolute Gasteiger partial charge is 0.126 e. The molecule has 13 heavy (non-hydrogen) atoms. The molecule has 0 saturated carbocycles. The molecule has 76 valence electrons. The van der Waals surface area contributed by atoms with E-state index in [1.807, 2.05) is 0 Å². The molecule has 0 aromatic heterocycles. The molecule has 1 saturated heterocycles. The molecular weight excluding hydrogens is 164 g/mol. The van der Waals surface area contributed by atoms with Crippen LogP contribution < -0.4 is 0 Å². The number of aldehydes is 1. The highest BCUT2D eigenvalue weighted by atomic mass is 16.5. The van der Waals surface area contributed by atoms with E-state index in [1.54, 1.807) is 0 Å². The maximum atomic E-state index is 11.1. The minimum Gasteiger partial charge on any atom is -0.381 e. The summed E-state index contributed by atoms with van der Waals surface area (Å²) in [4.78, 5) is 11.1. The quantitative estimate of drug-likeness (QED) is 0.627. The summed E-state index contributed by atoms with van der Waals surface area (Å²) in [5.41, 5.74) is -0.0618. The van der Waals surface area contributed by atoms with Gasteiger partial charge in [-0.15, -0.1) is 0 Å². The molecule has 0 aromatic rings. The summed E-state index contributed by atoms with van der Waals surface area (Å²) < 4.78 is 5.28. The monoisotopic (exact) mass is 184 g/mol. The van der Waals surface area contributed by atoms with Crippen molar-refractivity contribution in [2.45, 2.75) is 39.5 Å². The summed E-state index contributed by atoms with van der Waals surface area (Å²) in [6.45, 7) is 5.92. The van der Waals surface area contributed by atoms with Crippen LogP contribution in [0, 0.1) is 11.3 Å². The molecule has 0 aliphatic carbocycles. The Morgan fingerprint density at radius 3 is 2.54 bits per heavy atom. The van der Waals surface area contributed by atoms with Gasteiger partial charge in [0.1, 0.15) is 6.29 Å². The van der Waals surface area contributed by atoms with Gasteiger partial charge < -0.3 is 9.53 Å². The largest absolute Gasteiger partial charge is 0.381 e. The third-order valence-corrected chi connectivity index (χ3v) is 3.19. The number of rotatable bonds is 4. The minimum atomic E-state index is -0.0618. The van der Waals surface area contributed by atoms with Gasteiger partial charge in [-0.2, -0.15) is 0 Å². The van der Waals surface area contributed by atoms with Crippen LogP contribution in [-0.4, -0.2) is 19.5 Å². The lowest BCUT2D eigenvalue weighted by atomic mass is 9.74. The second-order valence-electron chi connectivity index (χ2n) is 4.31. The lowest BCUT2D eigenvalue weighted by Gasteiger charge is -2.33. The highest BCUT2D eigenvalue weighted by Gasteiger charge is 2.33. The van der Waals surface area contributed by atoms with Crippen LogP contribution in [-0.2, 0) is 9.53 Å². The molecule has 1 atom stereocenters. The van der Waals surface area contributed by atoms with Crippen LogP contribution in [0.15, 0.2) is 0 Å². The van der Waals surface area contributed by atoms with Crippen LogP contribution in [0.3, 0.4) is 0 Å². The van der Waals surface area contributed by atoms with Crippen LogP contribution in [0.4, 0.5) is 0 Å². The van der Waals surface area contributed by atoms with Crippen molar-refractivity contribution < 1.29 is 9.53 Å². The van der Waals surface area contributed by atoms with E-state index in [9.17, 15) is 4.79 Å². The molecule has 0 N–H and O–H groups in total. The van der Waals surface area contributed by atoms with Gasteiger partial charge in [0.25, 0.3) is 0 Å². The van der Waals surface area contributed by atoms with E-state index in [0.717, 1.165) is 38.9 Å². The summed E-state index contributed by atoms with van der Waals surface area (Å²) in [5, 5.41) is 0. The molecule has 0 aromatic carbocycles. The van der Waals surface area contributed by atoms with Gasteiger partial charge in [0, 0.05) is 18.6 Å². The number of hydrogen-bond donors (Lipinski definition) is 0. The zero-order valence-electron chi connectivity index (χ0n) is 8.71. The topological polar surface area (TPSA) is 26.3 Å². The van der Waals surface area contributed by atoms with Crippen molar-refractivity contribution in [2.24, 2.45) is 11.3 Å². The molecule has 2 heteroatoms. The number of carbonyl (C=O) groups excluding carboxylic acids is 1. The highest BCUT2D eigenvalue weighted by molar-refractivity contribution is 5.59. The van der Waals surface area contributed by atoms with Crippen LogP contribution in [0.1, 0.15) is 39.5 Å². The third-order valence-electron chi connectivity index (χ3n) is 3.19. The van der Waals surface area contributed by atoms with E-state index in [1.165, 1.54) is 6.29 Å².